The predicted molar refractivity (Wildman–Crippen MR) is 54.2 cm³/mol. The molecule has 1 fully saturated rings. The fraction of sp³-hybridized carbons (Fsp3) is 0.818. The van der Waals surface area contributed by atoms with Crippen LogP contribution in [0.5, 0.6) is 0 Å². The van der Waals surface area contributed by atoms with Crippen molar-refractivity contribution in [3.05, 3.63) is 12.2 Å². The summed E-state index contributed by atoms with van der Waals surface area (Å²) in [7, 11) is 0. The van der Waals surface area contributed by atoms with Crippen molar-refractivity contribution >= 4 is 0 Å². The lowest BCUT2D eigenvalue weighted by atomic mass is 9.92. The second-order valence-electron chi connectivity index (χ2n) is 4.58. The molecule has 0 saturated heterocycles. The number of hydrogen-bond acceptors (Lipinski definition) is 1. The molecule has 1 aliphatic rings. The van der Waals surface area contributed by atoms with Crippen LogP contribution < -0.4 is 5.32 Å². The van der Waals surface area contributed by atoms with Crippen molar-refractivity contribution in [2.45, 2.75) is 46.1 Å². The van der Waals surface area contributed by atoms with E-state index < -0.39 is 0 Å². The van der Waals surface area contributed by atoms with Gasteiger partial charge < -0.3 is 5.32 Å². The molecule has 0 spiro atoms. The Hall–Kier alpha value is -0.300. The van der Waals surface area contributed by atoms with Gasteiger partial charge in [-0.15, -0.1) is 0 Å². The Morgan fingerprint density at radius 3 is 2.75 bits per heavy atom. The Bertz CT molecular complexity index is 158. The Kier molecular flexibility index (Phi) is 3.33. The van der Waals surface area contributed by atoms with Crippen LogP contribution in [-0.2, 0) is 0 Å². The van der Waals surface area contributed by atoms with Crippen molar-refractivity contribution in [2.24, 2.45) is 5.41 Å². The van der Waals surface area contributed by atoms with E-state index in [9.17, 15) is 0 Å². The van der Waals surface area contributed by atoms with Crippen LogP contribution in [0.25, 0.3) is 0 Å². The first-order valence-corrected chi connectivity index (χ1v) is 4.98. The van der Waals surface area contributed by atoms with Gasteiger partial charge in [-0.05, 0) is 31.6 Å². The van der Waals surface area contributed by atoms with E-state index >= 15 is 0 Å². The molecule has 1 N–H and O–H groups in total. The third-order valence-corrected chi connectivity index (χ3v) is 2.73. The van der Waals surface area contributed by atoms with E-state index in [0.29, 0.717) is 5.41 Å². The van der Waals surface area contributed by atoms with Crippen molar-refractivity contribution < 1.29 is 0 Å². The lowest BCUT2D eigenvalue weighted by Crippen LogP contribution is -2.27. The molecule has 0 aromatic rings. The number of rotatable bonds is 3. The predicted octanol–water partition coefficient (Wildman–Crippen LogP) is 2.73. The SMILES string of the molecule is C/C=C/CNC1CCC(C)(C)C1. The maximum Gasteiger partial charge on any atom is 0.0137 e. The van der Waals surface area contributed by atoms with Crippen LogP contribution in [0.2, 0.25) is 0 Å². The summed E-state index contributed by atoms with van der Waals surface area (Å²) in [5.74, 6) is 0. The second kappa shape index (κ2) is 4.08. The normalized spacial score (nSPS) is 28.4. The van der Waals surface area contributed by atoms with Crippen molar-refractivity contribution in [2.75, 3.05) is 6.54 Å². The molecule has 0 amide bonds. The lowest BCUT2D eigenvalue weighted by molar-refractivity contribution is 0.367. The van der Waals surface area contributed by atoms with Gasteiger partial charge in [0.25, 0.3) is 0 Å². The minimum absolute atomic E-state index is 0.577. The van der Waals surface area contributed by atoms with Crippen LogP contribution in [0.3, 0.4) is 0 Å². The van der Waals surface area contributed by atoms with Gasteiger partial charge in [0.1, 0.15) is 0 Å². The highest BCUT2D eigenvalue weighted by atomic mass is 14.9. The van der Waals surface area contributed by atoms with Crippen LogP contribution in [0.4, 0.5) is 0 Å². The first-order chi connectivity index (χ1) is 5.64. The van der Waals surface area contributed by atoms with Crippen LogP contribution in [0.1, 0.15) is 40.0 Å². The molecule has 1 nitrogen and oxygen atoms in total. The van der Waals surface area contributed by atoms with E-state index in [4.69, 9.17) is 0 Å². The molecule has 0 aromatic heterocycles. The number of hydrogen-bond donors (Lipinski definition) is 1. The molecular weight excluding hydrogens is 146 g/mol. The molecule has 0 aliphatic heterocycles. The van der Waals surface area contributed by atoms with Gasteiger partial charge in [-0.25, -0.2) is 0 Å². The van der Waals surface area contributed by atoms with E-state index in [0.717, 1.165) is 12.6 Å². The summed E-state index contributed by atoms with van der Waals surface area (Å²) in [5.41, 5.74) is 0.577. The smallest absolute Gasteiger partial charge is 0.0137 e. The quantitative estimate of drug-likeness (QED) is 0.637. The molecular formula is C11H21N. The van der Waals surface area contributed by atoms with Crippen molar-refractivity contribution in [1.82, 2.24) is 5.32 Å². The van der Waals surface area contributed by atoms with Gasteiger partial charge in [-0.1, -0.05) is 26.0 Å². The molecule has 1 atom stereocenters. The fourth-order valence-corrected chi connectivity index (χ4v) is 1.96. The Morgan fingerprint density at radius 2 is 2.25 bits per heavy atom. The summed E-state index contributed by atoms with van der Waals surface area (Å²) in [6.45, 7) is 7.84. The minimum Gasteiger partial charge on any atom is -0.311 e. The first-order valence-electron chi connectivity index (χ1n) is 4.98. The highest BCUT2D eigenvalue weighted by Gasteiger charge is 2.29. The van der Waals surface area contributed by atoms with Crippen LogP contribution in [0, 0.1) is 5.41 Å². The maximum absolute atomic E-state index is 3.55. The molecule has 0 bridgehead atoms. The summed E-state index contributed by atoms with van der Waals surface area (Å²) in [5, 5.41) is 3.55. The number of nitrogens with one attached hydrogen (secondary N) is 1. The molecule has 0 heterocycles. The average Bonchev–Trinajstić information content (AvgIpc) is 2.31. The first kappa shape index (κ1) is 9.79. The zero-order valence-electron chi connectivity index (χ0n) is 8.56. The molecule has 12 heavy (non-hydrogen) atoms. The molecule has 1 rings (SSSR count). The van der Waals surface area contributed by atoms with Gasteiger partial charge in [-0.3, -0.25) is 0 Å². The van der Waals surface area contributed by atoms with Crippen molar-refractivity contribution in [1.29, 1.82) is 0 Å². The summed E-state index contributed by atoms with van der Waals surface area (Å²) < 4.78 is 0. The summed E-state index contributed by atoms with van der Waals surface area (Å²) in [6, 6.07) is 0.760. The molecule has 1 saturated carbocycles. The minimum atomic E-state index is 0.577. The van der Waals surface area contributed by atoms with E-state index in [1.165, 1.54) is 19.3 Å². The largest absolute Gasteiger partial charge is 0.311 e. The van der Waals surface area contributed by atoms with Crippen LogP contribution >= 0.6 is 0 Å². The van der Waals surface area contributed by atoms with Gasteiger partial charge in [0.2, 0.25) is 0 Å². The maximum atomic E-state index is 3.55. The van der Waals surface area contributed by atoms with Crippen LogP contribution in [-0.4, -0.2) is 12.6 Å². The van der Waals surface area contributed by atoms with Gasteiger partial charge in [0.15, 0.2) is 0 Å². The monoisotopic (exact) mass is 167 g/mol. The Balaban J connectivity index is 2.19. The number of allylic oxidation sites excluding steroid dienone is 1. The lowest BCUT2D eigenvalue weighted by Gasteiger charge is -2.17. The summed E-state index contributed by atoms with van der Waals surface area (Å²) in [4.78, 5) is 0. The molecule has 1 heteroatoms. The fourth-order valence-electron chi connectivity index (χ4n) is 1.96. The molecule has 0 aromatic carbocycles. The topological polar surface area (TPSA) is 12.0 Å². The average molecular weight is 167 g/mol. The molecule has 0 radical (unpaired) electrons. The molecule has 1 aliphatic carbocycles. The Morgan fingerprint density at radius 1 is 1.50 bits per heavy atom. The highest BCUT2D eigenvalue weighted by Crippen LogP contribution is 2.36. The highest BCUT2D eigenvalue weighted by molar-refractivity contribution is 4.89. The third kappa shape index (κ3) is 2.98. The van der Waals surface area contributed by atoms with Crippen molar-refractivity contribution in [3.63, 3.8) is 0 Å². The standard InChI is InChI=1S/C11H21N/c1-4-5-8-12-10-6-7-11(2,3)9-10/h4-5,10,12H,6-9H2,1-3H3/b5-4+. The molecule has 70 valence electrons. The second-order valence-corrected chi connectivity index (χ2v) is 4.58. The van der Waals surface area contributed by atoms with E-state index in [-0.39, 0.29) is 0 Å². The van der Waals surface area contributed by atoms with Gasteiger partial charge in [0.05, 0.1) is 0 Å². The van der Waals surface area contributed by atoms with Crippen molar-refractivity contribution in [3.8, 4) is 0 Å². The van der Waals surface area contributed by atoms with E-state index in [1.807, 2.05) is 0 Å². The third-order valence-electron chi connectivity index (χ3n) is 2.73. The van der Waals surface area contributed by atoms with E-state index in [1.54, 1.807) is 0 Å². The van der Waals surface area contributed by atoms with Gasteiger partial charge in [0, 0.05) is 12.6 Å². The zero-order chi connectivity index (χ0) is 9.03. The Labute approximate surface area is 76.2 Å². The van der Waals surface area contributed by atoms with Gasteiger partial charge in [-0.2, -0.15) is 0 Å². The van der Waals surface area contributed by atoms with Gasteiger partial charge >= 0.3 is 0 Å². The zero-order valence-corrected chi connectivity index (χ0v) is 8.56. The molecule has 1 unspecified atom stereocenters. The summed E-state index contributed by atoms with van der Waals surface area (Å²) in [6.07, 6.45) is 8.36. The van der Waals surface area contributed by atoms with Crippen LogP contribution in [0.15, 0.2) is 12.2 Å². The summed E-state index contributed by atoms with van der Waals surface area (Å²) >= 11 is 0. The van der Waals surface area contributed by atoms with E-state index in [2.05, 4.69) is 38.2 Å².